The molecule has 0 saturated heterocycles. The summed E-state index contributed by atoms with van der Waals surface area (Å²) in [5, 5.41) is 13.2. The van der Waals surface area contributed by atoms with Gasteiger partial charge in [-0.25, -0.2) is 0 Å². The van der Waals surface area contributed by atoms with Gasteiger partial charge in [-0.3, -0.25) is 10.1 Å². The van der Waals surface area contributed by atoms with Crippen LogP contribution in [0.4, 0.5) is 0 Å². The van der Waals surface area contributed by atoms with E-state index < -0.39 is 11.9 Å². The lowest BCUT2D eigenvalue weighted by atomic mass is 10.0. The molecule has 1 atom stereocenters. The van der Waals surface area contributed by atoms with Gasteiger partial charge >= 0.3 is 0 Å². The lowest BCUT2D eigenvalue weighted by molar-refractivity contribution is -0.120. The summed E-state index contributed by atoms with van der Waals surface area (Å²) in [6.45, 7) is 0. The third-order valence-corrected chi connectivity index (χ3v) is 3.79. The minimum Gasteiger partial charge on any atom is -0.508 e. The number of carbonyl (C=O) groups is 1. The summed E-state index contributed by atoms with van der Waals surface area (Å²) >= 11 is 0. The lowest BCUT2D eigenvalue weighted by Crippen LogP contribution is -2.39. The Labute approximate surface area is 114 Å². The Bertz CT molecular complexity index is 426. The number of aromatic hydroxyl groups is 1. The van der Waals surface area contributed by atoms with Crippen LogP contribution in [0.2, 0.25) is 0 Å². The zero-order valence-electron chi connectivity index (χ0n) is 11.1. The molecule has 0 radical (unpaired) electrons. The van der Waals surface area contributed by atoms with Crippen molar-refractivity contribution in [3.05, 3.63) is 29.8 Å². The van der Waals surface area contributed by atoms with Gasteiger partial charge in [0.15, 0.2) is 0 Å². The Morgan fingerprint density at radius 2 is 1.84 bits per heavy atom. The van der Waals surface area contributed by atoms with Crippen molar-refractivity contribution in [3.8, 4) is 5.75 Å². The van der Waals surface area contributed by atoms with Crippen LogP contribution in [-0.2, 0) is 4.79 Å². The van der Waals surface area contributed by atoms with Crippen molar-refractivity contribution in [1.82, 2.24) is 5.32 Å². The first-order valence-electron chi connectivity index (χ1n) is 7.01. The number of hydrogen-bond donors (Lipinski definition) is 3. The van der Waals surface area contributed by atoms with E-state index in [4.69, 9.17) is 5.73 Å². The Hall–Kier alpha value is -1.55. The summed E-state index contributed by atoms with van der Waals surface area (Å²) in [6.07, 6.45) is 7.02. The van der Waals surface area contributed by atoms with E-state index >= 15 is 0 Å². The minimum absolute atomic E-state index is 0.118. The summed E-state index contributed by atoms with van der Waals surface area (Å²) in [6, 6.07) is 6.57. The van der Waals surface area contributed by atoms with Gasteiger partial charge in [0.2, 0.25) is 5.91 Å². The van der Waals surface area contributed by atoms with Gasteiger partial charge in [0.25, 0.3) is 0 Å². The summed E-state index contributed by atoms with van der Waals surface area (Å²) in [4.78, 5) is 11.7. The third kappa shape index (κ3) is 3.70. The molecule has 2 rings (SSSR count). The summed E-state index contributed by atoms with van der Waals surface area (Å²) in [7, 11) is 0. The van der Waals surface area contributed by atoms with Gasteiger partial charge in [-0.1, -0.05) is 43.9 Å². The van der Waals surface area contributed by atoms with Crippen LogP contribution in [0.25, 0.3) is 0 Å². The molecule has 1 aromatic rings. The summed E-state index contributed by atoms with van der Waals surface area (Å²) < 4.78 is 0. The molecule has 1 saturated carbocycles. The van der Waals surface area contributed by atoms with E-state index in [0.29, 0.717) is 11.6 Å². The van der Waals surface area contributed by atoms with Crippen LogP contribution >= 0.6 is 0 Å². The molecule has 1 aromatic carbocycles. The largest absolute Gasteiger partial charge is 0.508 e. The van der Waals surface area contributed by atoms with E-state index in [1.807, 2.05) is 0 Å². The molecule has 19 heavy (non-hydrogen) atoms. The zero-order chi connectivity index (χ0) is 13.7. The number of carbonyl (C=O) groups excluding carboxylic acids is 1. The number of nitrogens with one attached hydrogen (secondary N) is 1. The Balaban J connectivity index is 2.12. The molecule has 4 heteroatoms. The van der Waals surface area contributed by atoms with Gasteiger partial charge < -0.3 is 10.8 Å². The first-order chi connectivity index (χ1) is 9.18. The average molecular weight is 262 g/mol. The van der Waals surface area contributed by atoms with E-state index in [1.54, 1.807) is 24.3 Å². The fourth-order valence-corrected chi connectivity index (χ4v) is 2.74. The molecule has 4 nitrogen and oxygen atoms in total. The summed E-state index contributed by atoms with van der Waals surface area (Å²) in [5.41, 5.74) is 6.05. The van der Waals surface area contributed by atoms with Crippen molar-refractivity contribution in [2.45, 2.75) is 50.6 Å². The maximum Gasteiger partial charge on any atom is 0.239 e. The van der Waals surface area contributed by atoms with E-state index in [0.717, 1.165) is 12.8 Å². The predicted molar refractivity (Wildman–Crippen MR) is 74.7 cm³/mol. The quantitative estimate of drug-likeness (QED) is 0.728. The summed E-state index contributed by atoms with van der Waals surface area (Å²) in [5.74, 6) is -0.321. The first-order valence-corrected chi connectivity index (χ1v) is 7.01. The fourth-order valence-electron chi connectivity index (χ4n) is 2.74. The molecule has 0 aliphatic heterocycles. The molecular weight excluding hydrogens is 240 g/mol. The third-order valence-electron chi connectivity index (χ3n) is 3.79. The molecule has 1 amide bonds. The van der Waals surface area contributed by atoms with Gasteiger partial charge in [-0.05, 0) is 18.9 Å². The normalized spacial score (nSPS) is 18.7. The monoisotopic (exact) mass is 262 g/mol. The number of para-hydroxylation sites is 1. The van der Waals surface area contributed by atoms with Crippen LogP contribution in [-0.4, -0.2) is 17.1 Å². The van der Waals surface area contributed by atoms with E-state index in [-0.39, 0.29) is 5.75 Å². The van der Waals surface area contributed by atoms with Crippen molar-refractivity contribution in [3.63, 3.8) is 0 Å². The van der Waals surface area contributed by atoms with Crippen molar-refractivity contribution in [2.24, 2.45) is 5.73 Å². The standard InChI is InChI=1S/C15H22N2O2/c16-15(19)14(12-9-5-6-10-13(12)18)17-11-7-3-1-2-4-8-11/h5-6,9-11,14,17-18H,1-4,7-8H2,(H2,16,19). The number of hydrogen-bond acceptors (Lipinski definition) is 3. The second-order valence-electron chi connectivity index (χ2n) is 5.25. The molecule has 104 valence electrons. The van der Waals surface area contributed by atoms with Crippen LogP contribution in [0, 0.1) is 0 Å². The van der Waals surface area contributed by atoms with Gasteiger partial charge in [-0.2, -0.15) is 0 Å². The number of nitrogens with two attached hydrogens (primary N) is 1. The molecule has 1 aliphatic carbocycles. The maximum atomic E-state index is 11.7. The highest BCUT2D eigenvalue weighted by Crippen LogP contribution is 2.26. The maximum absolute atomic E-state index is 11.7. The van der Waals surface area contributed by atoms with Gasteiger partial charge in [0, 0.05) is 11.6 Å². The molecule has 0 bridgehead atoms. The topological polar surface area (TPSA) is 75.4 Å². The highest BCUT2D eigenvalue weighted by Gasteiger charge is 2.24. The molecule has 0 spiro atoms. The number of amides is 1. The minimum atomic E-state index is -0.607. The van der Waals surface area contributed by atoms with E-state index in [9.17, 15) is 9.90 Å². The van der Waals surface area contributed by atoms with Crippen LogP contribution in [0.5, 0.6) is 5.75 Å². The zero-order valence-corrected chi connectivity index (χ0v) is 11.1. The highest BCUT2D eigenvalue weighted by molar-refractivity contribution is 5.82. The number of primary amides is 1. The fraction of sp³-hybridized carbons (Fsp3) is 0.533. The molecular formula is C15H22N2O2. The van der Waals surface area contributed by atoms with Crippen molar-refractivity contribution in [2.75, 3.05) is 0 Å². The molecule has 0 aromatic heterocycles. The SMILES string of the molecule is NC(=O)C(NC1CCCCCC1)c1ccccc1O. The Morgan fingerprint density at radius 1 is 1.21 bits per heavy atom. The number of benzene rings is 1. The van der Waals surface area contributed by atoms with E-state index in [2.05, 4.69) is 5.32 Å². The van der Waals surface area contributed by atoms with Crippen molar-refractivity contribution in [1.29, 1.82) is 0 Å². The van der Waals surface area contributed by atoms with E-state index in [1.165, 1.54) is 25.7 Å². The number of phenolic OH excluding ortho intramolecular Hbond substituents is 1. The molecule has 4 N–H and O–H groups in total. The van der Waals surface area contributed by atoms with Crippen LogP contribution in [0.3, 0.4) is 0 Å². The molecule has 1 fully saturated rings. The van der Waals surface area contributed by atoms with Crippen molar-refractivity contribution >= 4 is 5.91 Å². The van der Waals surface area contributed by atoms with Gasteiger partial charge in [0.1, 0.15) is 11.8 Å². The van der Waals surface area contributed by atoms with Crippen LogP contribution in [0.15, 0.2) is 24.3 Å². The van der Waals surface area contributed by atoms with Crippen molar-refractivity contribution < 1.29 is 9.90 Å². The second-order valence-corrected chi connectivity index (χ2v) is 5.25. The van der Waals surface area contributed by atoms with Gasteiger partial charge in [-0.15, -0.1) is 0 Å². The Morgan fingerprint density at radius 3 is 2.42 bits per heavy atom. The number of phenols is 1. The van der Waals surface area contributed by atoms with Crippen LogP contribution in [0.1, 0.15) is 50.1 Å². The Kier molecular flexibility index (Phi) is 4.80. The van der Waals surface area contributed by atoms with Gasteiger partial charge in [0.05, 0.1) is 0 Å². The molecule has 0 heterocycles. The first kappa shape index (κ1) is 13.9. The molecule has 1 aliphatic rings. The number of rotatable bonds is 4. The highest BCUT2D eigenvalue weighted by atomic mass is 16.3. The average Bonchev–Trinajstić information content (AvgIpc) is 2.65. The smallest absolute Gasteiger partial charge is 0.239 e. The predicted octanol–water partition coefficient (Wildman–Crippen LogP) is 2.23. The second kappa shape index (κ2) is 6.57. The van der Waals surface area contributed by atoms with Crippen LogP contribution < -0.4 is 11.1 Å². The lowest BCUT2D eigenvalue weighted by Gasteiger charge is -2.23. The molecule has 1 unspecified atom stereocenters.